The van der Waals surface area contributed by atoms with Gasteiger partial charge in [-0.2, -0.15) is 5.10 Å². The van der Waals surface area contributed by atoms with Crippen LogP contribution in [0.25, 0.3) is 0 Å². The van der Waals surface area contributed by atoms with Crippen molar-refractivity contribution >= 4 is 23.8 Å². The predicted octanol–water partition coefficient (Wildman–Crippen LogP) is 4.92. The van der Waals surface area contributed by atoms with Crippen LogP contribution in [-0.2, 0) is 4.79 Å². The number of nitrogens with one attached hydrogen (secondary N) is 1. The van der Waals surface area contributed by atoms with E-state index in [2.05, 4.69) is 10.5 Å². The van der Waals surface area contributed by atoms with Gasteiger partial charge in [-0.05, 0) is 74.4 Å². The standard InChI is InChI=1S/C28H29N3O8/c1-4-16-37-22-13-11-21(12-14-22)28(33)39-25-15-10-20(17-26(25)36-5-2)18-29-30-27(32)19(3)38-24-9-7-6-8-23(24)31(34)35/h6-15,17-19H,4-5,16H2,1-3H3,(H,30,32)/b29-18-/t19-/m1/s1. The van der Waals surface area contributed by atoms with Crippen molar-refractivity contribution in [3.8, 4) is 23.0 Å². The Labute approximate surface area is 225 Å². The molecule has 1 amide bonds. The van der Waals surface area contributed by atoms with Crippen molar-refractivity contribution in [1.29, 1.82) is 0 Å². The maximum atomic E-state index is 12.6. The predicted molar refractivity (Wildman–Crippen MR) is 144 cm³/mol. The molecule has 3 rings (SSSR count). The van der Waals surface area contributed by atoms with E-state index in [-0.39, 0.29) is 17.2 Å². The molecule has 0 radical (unpaired) electrons. The summed E-state index contributed by atoms with van der Waals surface area (Å²) in [6.45, 7) is 6.16. The molecular weight excluding hydrogens is 506 g/mol. The zero-order valence-electron chi connectivity index (χ0n) is 21.8. The van der Waals surface area contributed by atoms with Crippen molar-refractivity contribution in [3.05, 3.63) is 88.0 Å². The van der Waals surface area contributed by atoms with E-state index in [4.69, 9.17) is 18.9 Å². The minimum atomic E-state index is -1.05. The van der Waals surface area contributed by atoms with Crippen molar-refractivity contribution in [3.63, 3.8) is 0 Å². The average molecular weight is 536 g/mol. The first-order valence-corrected chi connectivity index (χ1v) is 12.3. The number of nitro groups is 1. The highest BCUT2D eigenvalue weighted by molar-refractivity contribution is 5.92. The molecule has 0 heterocycles. The van der Waals surface area contributed by atoms with Gasteiger partial charge in [0.1, 0.15) is 5.75 Å². The number of nitrogens with zero attached hydrogens (tertiary/aromatic N) is 2. The number of ether oxygens (including phenoxy) is 4. The summed E-state index contributed by atoms with van der Waals surface area (Å²) in [6.07, 6.45) is 1.21. The van der Waals surface area contributed by atoms with Crippen LogP contribution in [0.15, 0.2) is 71.8 Å². The van der Waals surface area contributed by atoms with E-state index in [1.54, 1.807) is 55.5 Å². The number of rotatable bonds is 13. The summed E-state index contributed by atoms with van der Waals surface area (Å²) in [4.78, 5) is 35.5. The number of amides is 1. The van der Waals surface area contributed by atoms with Gasteiger partial charge in [-0.15, -0.1) is 0 Å². The minimum Gasteiger partial charge on any atom is -0.494 e. The van der Waals surface area contributed by atoms with Crippen molar-refractivity contribution in [2.45, 2.75) is 33.3 Å². The minimum absolute atomic E-state index is 0.0265. The SMILES string of the molecule is CCCOc1ccc(C(=O)Oc2ccc(/C=N\NC(=O)[C@@H](C)Oc3ccccc3[N+](=O)[O-])cc2OCC)cc1. The van der Waals surface area contributed by atoms with Crippen LogP contribution in [0.1, 0.15) is 43.1 Å². The van der Waals surface area contributed by atoms with Gasteiger partial charge in [0.2, 0.25) is 0 Å². The molecule has 0 bridgehead atoms. The molecule has 11 heteroatoms. The Bertz CT molecular complexity index is 1320. The highest BCUT2D eigenvalue weighted by atomic mass is 16.6. The zero-order chi connectivity index (χ0) is 28.2. The number of hydrazone groups is 1. The van der Waals surface area contributed by atoms with Crippen LogP contribution in [0.3, 0.4) is 0 Å². The number of hydrogen-bond donors (Lipinski definition) is 1. The van der Waals surface area contributed by atoms with E-state index in [0.29, 0.717) is 35.8 Å². The van der Waals surface area contributed by atoms with E-state index in [9.17, 15) is 19.7 Å². The number of benzene rings is 3. The molecule has 0 aromatic heterocycles. The van der Waals surface area contributed by atoms with Gasteiger partial charge in [-0.1, -0.05) is 19.1 Å². The number of esters is 1. The lowest BCUT2D eigenvalue weighted by Crippen LogP contribution is -2.33. The molecule has 1 N–H and O–H groups in total. The number of carbonyl (C=O) groups is 2. The van der Waals surface area contributed by atoms with Crippen LogP contribution >= 0.6 is 0 Å². The average Bonchev–Trinajstić information content (AvgIpc) is 2.93. The third-order valence-corrected chi connectivity index (χ3v) is 5.16. The molecule has 0 spiro atoms. The van der Waals surface area contributed by atoms with Gasteiger partial charge in [0.15, 0.2) is 23.4 Å². The lowest BCUT2D eigenvalue weighted by molar-refractivity contribution is -0.386. The summed E-state index contributed by atoms with van der Waals surface area (Å²) >= 11 is 0. The Morgan fingerprint density at radius 1 is 1.00 bits per heavy atom. The van der Waals surface area contributed by atoms with Gasteiger partial charge in [0, 0.05) is 6.07 Å². The lowest BCUT2D eigenvalue weighted by Gasteiger charge is -2.13. The first-order chi connectivity index (χ1) is 18.8. The molecular formula is C28H29N3O8. The molecule has 0 unspecified atom stereocenters. The second-order valence-electron chi connectivity index (χ2n) is 8.12. The van der Waals surface area contributed by atoms with Crippen LogP contribution in [0.2, 0.25) is 0 Å². The van der Waals surface area contributed by atoms with Gasteiger partial charge in [-0.25, -0.2) is 10.2 Å². The summed E-state index contributed by atoms with van der Waals surface area (Å²) < 4.78 is 22.1. The highest BCUT2D eigenvalue weighted by Gasteiger charge is 2.20. The Morgan fingerprint density at radius 2 is 1.74 bits per heavy atom. The monoisotopic (exact) mass is 535 g/mol. The van der Waals surface area contributed by atoms with Crippen molar-refractivity contribution in [2.75, 3.05) is 13.2 Å². The van der Waals surface area contributed by atoms with Gasteiger partial charge in [0.05, 0.1) is 29.9 Å². The van der Waals surface area contributed by atoms with E-state index in [1.807, 2.05) is 6.92 Å². The van der Waals surface area contributed by atoms with Gasteiger partial charge in [-0.3, -0.25) is 14.9 Å². The fourth-order valence-electron chi connectivity index (χ4n) is 3.24. The van der Waals surface area contributed by atoms with Crippen LogP contribution < -0.4 is 24.4 Å². The third-order valence-electron chi connectivity index (χ3n) is 5.16. The highest BCUT2D eigenvalue weighted by Crippen LogP contribution is 2.29. The number of hydrogen-bond acceptors (Lipinski definition) is 9. The van der Waals surface area contributed by atoms with Crippen molar-refractivity contribution in [1.82, 2.24) is 5.43 Å². The molecule has 0 saturated carbocycles. The largest absolute Gasteiger partial charge is 0.494 e. The van der Waals surface area contributed by atoms with Crippen molar-refractivity contribution in [2.24, 2.45) is 5.10 Å². The van der Waals surface area contributed by atoms with Gasteiger partial charge < -0.3 is 18.9 Å². The van der Waals surface area contributed by atoms with Crippen LogP contribution in [0, 0.1) is 10.1 Å². The van der Waals surface area contributed by atoms with E-state index in [0.717, 1.165) is 6.42 Å². The first kappa shape index (κ1) is 28.6. The molecule has 11 nitrogen and oxygen atoms in total. The second kappa shape index (κ2) is 14.1. The maximum absolute atomic E-state index is 12.6. The second-order valence-corrected chi connectivity index (χ2v) is 8.12. The quantitative estimate of drug-likeness (QED) is 0.107. The molecule has 0 aliphatic carbocycles. The van der Waals surface area contributed by atoms with Gasteiger partial charge >= 0.3 is 11.7 Å². The molecule has 3 aromatic carbocycles. The normalized spacial score (nSPS) is 11.5. The number of nitro benzene ring substituents is 1. The Hall–Kier alpha value is -4.93. The number of carbonyl (C=O) groups excluding carboxylic acids is 2. The molecule has 0 aliphatic heterocycles. The van der Waals surface area contributed by atoms with Crippen LogP contribution in [0.5, 0.6) is 23.0 Å². The summed E-state index contributed by atoms with van der Waals surface area (Å²) in [5.41, 5.74) is 3.00. The Kier molecular flexibility index (Phi) is 10.4. The fourth-order valence-corrected chi connectivity index (χ4v) is 3.24. The molecule has 204 valence electrons. The van der Waals surface area contributed by atoms with Crippen LogP contribution in [0.4, 0.5) is 5.69 Å². The summed E-state index contributed by atoms with van der Waals surface area (Å²) in [6, 6.07) is 17.2. The van der Waals surface area contributed by atoms with E-state index in [1.165, 1.54) is 31.3 Å². The molecule has 39 heavy (non-hydrogen) atoms. The lowest BCUT2D eigenvalue weighted by atomic mass is 10.2. The molecule has 3 aromatic rings. The van der Waals surface area contributed by atoms with Crippen LogP contribution in [-0.4, -0.2) is 42.3 Å². The molecule has 0 saturated heterocycles. The van der Waals surface area contributed by atoms with Gasteiger partial charge in [0.25, 0.3) is 5.91 Å². The Balaban J connectivity index is 1.62. The number of para-hydroxylation sites is 2. The zero-order valence-corrected chi connectivity index (χ0v) is 21.8. The maximum Gasteiger partial charge on any atom is 0.343 e. The fraction of sp³-hybridized carbons (Fsp3) is 0.250. The molecule has 0 fully saturated rings. The summed E-state index contributed by atoms with van der Waals surface area (Å²) in [5, 5.41) is 15.1. The van der Waals surface area contributed by atoms with E-state index >= 15 is 0 Å². The first-order valence-electron chi connectivity index (χ1n) is 12.3. The smallest absolute Gasteiger partial charge is 0.343 e. The Morgan fingerprint density at radius 3 is 2.44 bits per heavy atom. The van der Waals surface area contributed by atoms with Crippen molar-refractivity contribution < 1.29 is 33.5 Å². The molecule has 0 aliphatic rings. The van der Waals surface area contributed by atoms with E-state index < -0.39 is 22.9 Å². The topological polar surface area (TPSA) is 139 Å². The summed E-state index contributed by atoms with van der Waals surface area (Å²) in [7, 11) is 0. The summed E-state index contributed by atoms with van der Waals surface area (Å²) in [5.74, 6) is 0.0196. The third kappa shape index (κ3) is 8.29. The molecule has 1 atom stereocenters.